The minimum absolute atomic E-state index is 0.00954. The molecule has 0 fully saturated rings. The van der Waals surface area contributed by atoms with E-state index in [0.29, 0.717) is 5.69 Å². The lowest BCUT2D eigenvalue weighted by Gasteiger charge is -2.14. The van der Waals surface area contributed by atoms with E-state index in [2.05, 4.69) is 20.9 Å². The zero-order chi connectivity index (χ0) is 10.6. The van der Waals surface area contributed by atoms with E-state index in [4.69, 9.17) is 0 Å². The summed E-state index contributed by atoms with van der Waals surface area (Å²) in [5.74, 6) is 0.00954. The molecule has 0 unspecified atom stereocenters. The molecule has 3 nitrogen and oxygen atoms in total. The van der Waals surface area contributed by atoms with Gasteiger partial charge in [-0.1, -0.05) is 15.9 Å². The SMILES string of the molecule is Cc1nc(C(=O)N(C)CCCBr)cs1. The molecule has 0 saturated carbocycles. The van der Waals surface area contributed by atoms with Crippen LogP contribution in [0, 0.1) is 6.92 Å². The molecule has 0 saturated heterocycles. The first-order chi connectivity index (χ1) is 6.65. The molecule has 1 amide bonds. The van der Waals surface area contributed by atoms with Crippen LogP contribution in [0.4, 0.5) is 0 Å². The first-order valence-corrected chi connectivity index (χ1v) is 6.39. The van der Waals surface area contributed by atoms with Crippen molar-refractivity contribution in [2.24, 2.45) is 0 Å². The summed E-state index contributed by atoms with van der Waals surface area (Å²) >= 11 is 4.84. The predicted octanol–water partition coefficient (Wildman–Crippen LogP) is 2.31. The Balaban J connectivity index is 2.56. The quantitative estimate of drug-likeness (QED) is 0.791. The van der Waals surface area contributed by atoms with Crippen molar-refractivity contribution in [2.45, 2.75) is 13.3 Å². The molecule has 0 spiro atoms. The van der Waals surface area contributed by atoms with Gasteiger partial charge in [0.15, 0.2) is 0 Å². The summed E-state index contributed by atoms with van der Waals surface area (Å²) in [5, 5.41) is 3.66. The highest BCUT2D eigenvalue weighted by Gasteiger charge is 2.13. The Morgan fingerprint density at radius 2 is 2.43 bits per heavy atom. The van der Waals surface area contributed by atoms with Gasteiger partial charge in [0.25, 0.3) is 5.91 Å². The number of amides is 1. The summed E-state index contributed by atoms with van der Waals surface area (Å²) < 4.78 is 0. The molecule has 0 aromatic carbocycles. The molecular weight excluding hydrogens is 264 g/mol. The van der Waals surface area contributed by atoms with Crippen LogP contribution in [0.1, 0.15) is 21.9 Å². The van der Waals surface area contributed by atoms with Gasteiger partial charge in [-0.3, -0.25) is 4.79 Å². The van der Waals surface area contributed by atoms with Crippen molar-refractivity contribution in [3.05, 3.63) is 16.1 Å². The number of carbonyl (C=O) groups is 1. The molecule has 0 aliphatic heterocycles. The zero-order valence-electron chi connectivity index (χ0n) is 8.29. The van der Waals surface area contributed by atoms with E-state index in [-0.39, 0.29) is 5.91 Å². The van der Waals surface area contributed by atoms with Crippen LogP contribution < -0.4 is 0 Å². The lowest BCUT2D eigenvalue weighted by molar-refractivity contribution is 0.0790. The van der Waals surface area contributed by atoms with Crippen LogP contribution in [0.3, 0.4) is 0 Å². The van der Waals surface area contributed by atoms with Crippen LogP contribution in [0.2, 0.25) is 0 Å². The van der Waals surface area contributed by atoms with Crippen LogP contribution >= 0.6 is 27.3 Å². The Kier molecular flexibility index (Phi) is 4.54. The smallest absolute Gasteiger partial charge is 0.273 e. The van der Waals surface area contributed by atoms with Gasteiger partial charge in [-0.15, -0.1) is 11.3 Å². The molecule has 0 bridgehead atoms. The Morgan fingerprint density at radius 3 is 2.93 bits per heavy atom. The Morgan fingerprint density at radius 1 is 1.71 bits per heavy atom. The van der Waals surface area contributed by atoms with Crippen molar-refractivity contribution in [1.29, 1.82) is 0 Å². The maximum Gasteiger partial charge on any atom is 0.273 e. The molecule has 78 valence electrons. The second-order valence-electron chi connectivity index (χ2n) is 3.02. The lowest BCUT2D eigenvalue weighted by Crippen LogP contribution is -2.28. The standard InChI is InChI=1S/C9H13BrN2OS/c1-7-11-8(6-14-7)9(13)12(2)5-3-4-10/h6H,3-5H2,1-2H3. The molecule has 0 radical (unpaired) electrons. The van der Waals surface area contributed by atoms with Gasteiger partial charge in [-0.25, -0.2) is 4.98 Å². The summed E-state index contributed by atoms with van der Waals surface area (Å²) in [4.78, 5) is 17.6. The predicted molar refractivity (Wildman–Crippen MR) is 62.2 cm³/mol. The number of alkyl halides is 1. The van der Waals surface area contributed by atoms with Gasteiger partial charge in [0.1, 0.15) is 5.69 Å². The van der Waals surface area contributed by atoms with E-state index >= 15 is 0 Å². The van der Waals surface area contributed by atoms with Crippen molar-refractivity contribution in [1.82, 2.24) is 9.88 Å². The van der Waals surface area contributed by atoms with Gasteiger partial charge >= 0.3 is 0 Å². The van der Waals surface area contributed by atoms with Crippen molar-refractivity contribution < 1.29 is 4.79 Å². The molecule has 5 heteroatoms. The summed E-state index contributed by atoms with van der Waals surface area (Å²) in [6.45, 7) is 2.67. The molecular formula is C9H13BrN2OS. The van der Waals surface area contributed by atoms with Crippen molar-refractivity contribution >= 4 is 33.2 Å². The largest absolute Gasteiger partial charge is 0.340 e. The van der Waals surface area contributed by atoms with E-state index in [1.807, 2.05) is 12.3 Å². The third kappa shape index (κ3) is 3.06. The van der Waals surface area contributed by atoms with Crippen molar-refractivity contribution in [2.75, 3.05) is 18.9 Å². The monoisotopic (exact) mass is 276 g/mol. The fourth-order valence-electron chi connectivity index (χ4n) is 1.06. The van der Waals surface area contributed by atoms with E-state index < -0.39 is 0 Å². The van der Waals surface area contributed by atoms with E-state index in [1.165, 1.54) is 11.3 Å². The highest BCUT2D eigenvalue weighted by Crippen LogP contribution is 2.10. The number of carbonyl (C=O) groups excluding carboxylic acids is 1. The van der Waals surface area contributed by atoms with Crippen LogP contribution in [0.25, 0.3) is 0 Å². The fourth-order valence-corrected chi connectivity index (χ4v) is 1.89. The summed E-state index contributed by atoms with van der Waals surface area (Å²) in [6.07, 6.45) is 0.964. The number of aryl methyl sites for hydroxylation is 1. The fraction of sp³-hybridized carbons (Fsp3) is 0.556. The molecule has 1 aromatic rings. The molecule has 0 atom stereocenters. The maximum atomic E-state index is 11.7. The summed E-state index contributed by atoms with van der Waals surface area (Å²) in [7, 11) is 1.81. The van der Waals surface area contributed by atoms with Gasteiger partial charge in [0, 0.05) is 24.3 Å². The second-order valence-corrected chi connectivity index (χ2v) is 4.88. The average Bonchev–Trinajstić information content (AvgIpc) is 2.60. The van der Waals surface area contributed by atoms with Crippen LogP contribution in [0.5, 0.6) is 0 Å². The highest BCUT2D eigenvalue weighted by atomic mass is 79.9. The number of nitrogens with zero attached hydrogens (tertiary/aromatic N) is 2. The number of hydrogen-bond donors (Lipinski definition) is 0. The number of aromatic nitrogens is 1. The summed E-state index contributed by atoms with van der Waals surface area (Å²) in [5.41, 5.74) is 0.560. The third-order valence-electron chi connectivity index (χ3n) is 1.81. The van der Waals surface area contributed by atoms with Crippen molar-refractivity contribution in [3.8, 4) is 0 Å². The maximum absolute atomic E-state index is 11.7. The number of halogens is 1. The Hall–Kier alpha value is -0.420. The molecule has 1 heterocycles. The van der Waals surface area contributed by atoms with E-state index in [0.717, 1.165) is 23.3 Å². The number of hydrogen-bond acceptors (Lipinski definition) is 3. The van der Waals surface area contributed by atoms with Crippen LogP contribution in [-0.4, -0.2) is 34.7 Å². The van der Waals surface area contributed by atoms with E-state index in [9.17, 15) is 4.79 Å². The number of thiazole rings is 1. The Bertz CT molecular complexity index is 314. The Labute approximate surface area is 96.3 Å². The first kappa shape index (κ1) is 11.7. The van der Waals surface area contributed by atoms with Crippen LogP contribution in [-0.2, 0) is 0 Å². The molecule has 0 aliphatic rings. The second kappa shape index (κ2) is 5.46. The van der Waals surface area contributed by atoms with Gasteiger partial charge in [0.2, 0.25) is 0 Å². The number of rotatable bonds is 4. The molecule has 0 N–H and O–H groups in total. The topological polar surface area (TPSA) is 33.2 Å². The van der Waals surface area contributed by atoms with Gasteiger partial charge in [0.05, 0.1) is 5.01 Å². The molecule has 14 heavy (non-hydrogen) atoms. The summed E-state index contributed by atoms with van der Waals surface area (Å²) in [6, 6.07) is 0. The lowest BCUT2D eigenvalue weighted by atomic mass is 10.4. The first-order valence-electron chi connectivity index (χ1n) is 4.38. The normalized spacial score (nSPS) is 10.2. The minimum atomic E-state index is 0.00954. The third-order valence-corrected chi connectivity index (χ3v) is 3.15. The highest BCUT2D eigenvalue weighted by molar-refractivity contribution is 9.09. The van der Waals surface area contributed by atoms with Gasteiger partial charge in [-0.05, 0) is 13.3 Å². The van der Waals surface area contributed by atoms with Gasteiger partial charge < -0.3 is 4.90 Å². The van der Waals surface area contributed by atoms with Gasteiger partial charge in [-0.2, -0.15) is 0 Å². The molecule has 1 rings (SSSR count). The zero-order valence-corrected chi connectivity index (χ0v) is 10.7. The van der Waals surface area contributed by atoms with Crippen molar-refractivity contribution in [3.63, 3.8) is 0 Å². The molecule has 0 aliphatic carbocycles. The minimum Gasteiger partial charge on any atom is -0.340 e. The molecule has 1 aromatic heterocycles. The average molecular weight is 277 g/mol. The van der Waals surface area contributed by atoms with E-state index in [1.54, 1.807) is 11.9 Å². The van der Waals surface area contributed by atoms with Crippen LogP contribution in [0.15, 0.2) is 5.38 Å².